The first-order valence-electron chi connectivity index (χ1n) is 5.99. The van der Waals surface area contributed by atoms with Gasteiger partial charge in [0.2, 0.25) is 11.8 Å². The maximum atomic E-state index is 12.3. The van der Waals surface area contributed by atoms with E-state index in [2.05, 4.69) is 5.32 Å². The van der Waals surface area contributed by atoms with Crippen LogP contribution >= 0.6 is 0 Å². The van der Waals surface area contributed by atoms with Crippen molar-refractivity contribution < 1.29 is 14.7 Å². The number of nitrogens with one attached hydrogen (secondary N) is 1. The van der Waals surface area contributed by atoms with Gasteiger partial charge in [-0.25, -0.2) is 0 Å². The van der Waals surface area contributed by atoms with Gasteiger partial charge in [-0.2, -0.15) is 0 Å². The van der Waals surface area contributed by atoms with Crippen molar-refractivity contribution in [2.75, 3.05) is 19.6 Å². The highest BCUT2D eigenvalue weighted by molar-refractivity contribution is 5.88. The van der Waals surface area contributed by atoms with Crippen LogP contribution in [0.3, 0.4) is 0 Å². The summed E-state index contributed by atoms with van der Waals surface area (Å²) in [5.41, 5.74) is 5.26. The van der Waals surface area contributed by atoms with Crippen molar-refractivity contribution in [3.05, 3.63) is 0 Å². The van der Waals surface area contributed by atoms with Crippen molar-refractivity contribution in [2.24, 2.45) is 17.6 Å². The number of carbonyl (C=O) groups excluding carboxylic acids is 2. The first-order valence-corrected chi connectivity index (χ1v) is 5.99. The first-order chi connectivity index (χ1) is 8.00. The van der Waals surface area contributed by atoms with Gasteiger partial charge < -0.3 is 21.1 Å². The zero-order valence-electron chi connectivity index (χ0n) is 9.93. The Kier molecular flexibility index (Phi) is 3.35. The number of nitrogens with zero attached hydrogens (tertiary/aromatic N) is 1. The Balaban J connectivity index is 2.10. The Morgan fingerprint density at radius 3 is 2.65 bits per heavy atom. The molecule has 4 atom stereocenters. The number of β-amino-alcohol motifs (C(OH)–C–C–N with tert-alkyl or cyclic N) is 1. The molecule has 96 valence electrons. The molecule has 0 aliphatic carbocycles. The summed E-state index contributed by atoms with van der Waals surface area (Å²) < 4.78 is 0. The van der Waals surface area contributed by atoms with Gasteiger partial charge in [-0.3, -0.25) is 9.59 Å². The van der Waals surface area contributed by atoms with E-state index in [1.807, 2.05) is 6.92 Å². The Morgan fingerprint density at radius 1 is 1.41 bits per heavy atom. The molecular weight excluding hydrogens is 222 g/mol. The molecular formula is C11H19N3O3. The van der Waals surface area contributed by atoms with E-state index in [0.29, 0.717) is 6.54 Å². The molecule has 2 amide bonds. The lowest BCUT2D eigenvalue weighted by Gasteiger charge is -2.26. The lowest BCUT2D eigenvalue weighted by atomic mass is 9.96. The Bertz CT molecular complexity index is 334. The van der Waals surface area contributed by atoms with Crippen LogP contribution in [-0.4, -0.2) is 53.6 Å². The van der Waals surface area contributed by atoms with E-state index in [-0.39, 0.29) is 30.7 Å². The molecule has 2 aliphatic rings. The van der Waals surface area contributed by atoms with Crippen LogP contribution in [0.15, 0.2) is 0 Å². The smallest absolute Gasteiger partial charge is 0.240 e. The van der Waals surface area contributed by atoms with E-state index in [9.17, 15) is 14.7 Å². The van der Waals surface area contributed by atoms with Crippen LogP contribution in [0.2, 0.25) is 0 Å². The predicted molar refractivity (Wildman–Crippen MR) is 60.8 cm³/mol. The summed E-state index contributed by atoms with van der Waals surface area (Å²) in [4.78, 5) is 25.0. The van der Waals surface area contributed by atoms with E-state index in [0.717, 1.165) is 6.54 Å². The van der Waals surface area contributed by atoms with Crippen LogP contribution in [0.1, 0.15) is 13.3 Å². The fourth-order valence-corrected chi connectivity index (χ4v) is 2.68. The number of primary amides is 1. The molecule has 0 aromatic carbocycles. The molecule has 2 saturated heterocycles. The summed E-state index contributed by atoms with van der Waals surface area (Å²) in [5.74, 6) is -0.452. The maximum Gasteiger partial charge on any atom is 0.240 e. The number of hydrogen-bond acceptors (Lipinski definition) is 4. The van der Waals surface area contributed by atoms with Crippen molar-refractivity contribution in [3.63, 3.8) is 0 Å². The van der Waals surface area contributed by atoms with Gasteiger partial charge in [0.25, 0.3) is 0 Å². The molecule has 0 bridgehead atoms. The van der Waals surface area contributed by atoms with Gasteiger partial charge in [0, 0.05) is 19.5 Å². The average molecular weight is 241 g/mol. The number of aliphatic hydroxyl groups excluding tert-OH is 1. The lowest BCUT2D eigenvalue weighted by Crippen LogP contribution is -2.47. The van der Waals surface area contributed by atoms with Gasteiger partial charge >= 0.3 is 0 Å². The van der Waals surface area contributed by atoms with Gasteiger partial charge in [-0.1, -0.05) is 6.92 Å². The molecule has 0 aromatic rings. The monoisotopic (exact) mass is 241 g/mol. The molecule has 0 aromatic heterocycles. The summed E-state index contributed by atoms with van der Waals surface area (Å²) in [6.07, 6.45) is -0.378. The first kappa shape index (κ1) is 12.3. The largest absolute Gasteiger partial charge is 0.391 e. The molecule has 6 heteroatoms. The number of amides is 2. The van der Waals surface area contributed by atoms with Crippen molar-refractivity contribution in [2.45, 2.75) is 25.5 Å². The molecule has 2 fully saturated rings. The molecule has 2 heterocycles. The lowest BCUT2D eigenvalue weighted by molar-refractivity contribution is -0.141. The normalized spacial score (nSPS) is 37.4. The predicted octanol–water partition coefficient (Wildman–Crippen LogP) is -1.71. The fourth-order valence-electron chi connectivity index (χ4n) is 2.68. The van der Waals surface area contributed by atoms with Gasteiger partial charge in [-0.05, 0) is 12.5 Å². The van der Waals surface area contributed by atoms with E-state index < -0.39 is 18.1 Å². The second-order valence-electron chi connectivity index (χ2n) is 5.04. The summed E-state index contributed by atoms with van der Waals surface area (Å²) in [5, 5.41) is 12.7. The third-order valence-corrected chi connectivity index (χ3v) is 3.73. The summed E-state index contributed by atoms with van der Waals surface area (Å²) >= 11 is 0. The molecule has 4 unspecified atom stereocenters. The summed E-state index contributed by atoms with van der Waals surface area (Å²) in [7, 11) is 0. The third kappa shape index (κ3) is 2.28. The number of carbonyl (C=O) groups is 2. The topological polar surface area (TPSA) is 95.7 Å². The molecule has 0 radical (unpaired) electrons. The summed E-state index contributed by atoms with van der Waals surface area (Å²) in [6, 6.07) is -0.648. The molecule has 2 aliphatic heterocycles. The number of aliphatic hydroxyl groups is 1. The van der Waals surface area contributed by atoms with Crippen LogP contribution in [0.25, 0.3) is 0 Å². The average Bonchev–Trinajstić information content (AvgIpc) is 2.83. The SMILES string of the molecule is CC1CNCC1C(=O)N1CC(O)CC1C(N)=O. The van der Waals surface area contributed by atoms with Crippen LogP contribution in [0, 0.1) is 11.8 Å². The molecule has 0 spiro atoms. The van der Waals surface area contributed by atoms with E-state index in [1.54, 1.807) is 0 Å². The molecule has 6 nitrogen and oxygen atoms in total. The number of nitrogens with two attached hydrogens (primary N) is 1. The highest BCUT2D eigenvalue weighted by Gasteiger charge is 2.42. The highest BCUT2D eigenvalue weighted by atomic mass is 16.3. The number of rotatable bonds is 2. The summed E-state index contributed by atoms with van der Waals surface area (Å²) in [6.45, 7) is 3.68. The quantitative estimate of drug-likeness (QED) is 0.536. The second kappa shape index (κ2) is 4.62. The Labute approximate surface area is 100 Å². The third-order valence-electron chi connectivity index (χ3n) is 3.73. The number of hydrogen-bond donors (Lipinski definition) is 3. The molecule has 17 heavy (non-hydrogen) atoms. The standard InChI is InChI=1S/C11H19N3O3/c1-6-3-13-4-8(6)11(17)14-5-7(15)2-9(14)10(12)16/h6-9,13,15H,2-5H2,1H3,(H2,12,16). The van der Waals surface area contributed by atoms with Gasteiger partial charge in [0.1, 0.15) is 6.04 Å². The maximum absolute atomic E-state index is 12.3. The minimum atomic E-state index is -0.648. The van der Waals surface area contributed by atoms with Crippen LogP contribution in [0.4, 0.5) is 0 Å². The van der Waals surface area contributed by atoms with Gasteiger partial charge in [-0.15, -0.1) is 0 Å². The van der Waals surface area contributed by atoms with E-state index in [1.165, 1.54) is 4.90 Å². The number of likely N-dealkylation sites (tertiary alicyclic amines) is 1. The molecule has 0 saturated carbocycles. The zero-order valence-corrected chi connectivity index (χ0v) is 9.93. The Hall–Kier alpha value is -1.14. The Morgan fingerprint density at radius 2 is 2.12 bits per heavy atom. The molecule has 4 N–H and O–H groups in total. The van der Waals surface area contributed by atoms with Crippen LogP contribution < -0.4 is 11.1 Å². The second-order valence-corrected chi connectivity index (χ2v) is 5.04. The van der Waals surface area contributed by atoms with Gasteiger partial charge in [0.15, 0.2) is 0 Å². The minimum Gasteiger partial charge on any atom is -0.391 e. The zero-order chi connectivity index (χ0) is 12.6. The van der Waals surface area contributed by atoms with Crippen molar-refractivity contribution in [1.82, 2.24) is 10.2 Å². The van der Waals surface area contributed by atoms with Crippen molar-refractivity contribution in [1.29, 1.82) is 0 Å². The van der Waals surface area contributed by atoms with Crippen molar-refractivity contribution in [3.8, 4) is 0 Å². The highest BCUT2D eigenvalue weighted by Crippen LogP contribution is 2.25. The van der Waals surface area contributed by atoms with Crippen molar-refractivity contribution >= 4 is 11.8 Å². The van der Waals surface area contributed by atoms with Crippen LogP contribution in [-0.2, 0) is 9.59 Å². The minimum absolute atomic E-state index is 0.0668. The van der Waals surface area contributed by atoms with E-state index in [4.69, 9.17) is 5.73 Å². The van der Waals surface area contributed by atoms with E-state index >= 15 is 0 Å². The molecule has 2 rings (SSSR count). The van der Waals surface area contributed by atoms with Gasteiger partial charge in [0.05, 0.1) is 12.0 Å². The van der Waals surface area contributed by atoms with Crippen LogP contribution in [0.5, 0.6) is 0 Å². The fraction of sp³-hybridized carbons (Fsp3) is 0.818.